The van der Waals surface area contributed by atoms with Crippen molar-refractivity contribution in [3.05, 3.63) is 64.6 Å². The molecule has 1 atom stereocenters. The second-order valence-corrected chi connectivity index (χ2v) is 7.34. The monoisotopic (exact) mass is 410 g/mol. The minimum absolute atomic E-state index is 0.0876. The molecule has 1 unspecified atom stereocenters. The highest BCUT2D eigenvalue weighted by atomic mass is 79.9. The lowest BCUT2D eigenvalue weighted by Crippen LogP contribution is -2.31. The van der Waals surface area contributed by atoms with E-state index in [1.807, 2.05) is 54.6 Å². The zero-order valence-electron chi connectivity index (χ0n) is 14.2. The van der Waals surface area contributed by atoms with Gasteiger partial charge in [-0.15, -0.1) is 0 Å². The SMILES string of the molecule is O=C(NCC1CCCO1)c1cc(-c2cccc(Br)c2)nc2ccccc12. The first kappa shape index (κ1) is 17.2. The number of ether oxygens (including phenoxy) is 1. The van der Waals surface area contributed by atoms with E-state index in [0.717, 1.165) is 46.1 Å². The number of carbonyl (C=O) groups excluding carboxylic acids is 1. The first-order chi connectivity index (χ1) is 12.7. The average Bonchev–Trinajstić information content (AvgIpc) is 3.19. The van der Waals surface area contributed by atoms with Crippen LogP contribution in [-0.4, -0.2) is 30.1 Å². The van der Waals surface area contributed by atoms with Gasteiger partial charge in [-0.2, -0.15) is 0 Å². The maximum atomic E-state index is 12.9. The molecule has 0 bridgehead atoms. The van der Waals surface area contributed by atoms with E-state index in [1.54, 1.807) is 0 Å². The first-order valence-corrected chi connectivity index (χ1v) is 9.55. The molecule has 1 aromatic heterocycles. The number of carbonyl (C=O) groups is 1. The van der Waals surface area contributed by atoms with Crippen LogP contribution in [0.25, 0.3) is 22.2 Å². The summed E-state index contributed by atoms with van der Waals surface area (Å²) in [6.45, 7) is 1.33. The van der Waals surface area contributed by atoms with E-state index < -0.39 is 0 Å². The van der Waals surface area contributed by atoms with Crippen molar-refractivity contribution in [2.75, 3.05) is 13.2 Å². The van der Waals surface area contributed by atoms with Crippen LogP contribution in [0, 0.1) is 0 Å². The topological polar surface area (TPSA) is 51.2 Å². The maximum Gasteiger partial charge on any atom is 0.252 e. The smallest absolute Gasteiger partial charge is 0.252 e. The predicted octanol–water partition coefficient (Wildman–Crippen LogP) is 4.57. The van der Waals surface area contributed by atoms with Gasteiger partial charge in [-0.1, -0.05) is 46.3 Å². The van der Waals surface area contributed by atoms with Crippen molar-refractivity contribution in [1.82, 2.24) is 10.3 Å². The molecule has 1 amide bonds. The number of nitrogens with one attached hydrogen (secondary N) is 1. The summed E-state index contributed by atoms with van der Waals surface area (Å²) >= 11 is 3.50. The van der Waals surface area contributed by atoms with Crippen LogP contribution >= 0.6 is 15.9 Å². The number of aromatic nitrogens is 1. The Hall–Kier alpha value is -2.24. The Morgan fingerprint density at radius 3 is 2.88 bits per heavy atom. The van der Waals surface area contributed by atoms with Crippen LogP contribution in [0.4, 0.5) is 0 Å². The summed E-state index contributed by atoms with van der Waals surface area (Å²) in [5.41, 5.74) is 3.21. The Kier molecular flexibility index (Phi) is 5.00. The van der Waals surface area contributed by atoms with Gasteiger partial charge in [0.2, 0.25) is 0 Å². The normalized spacial score (nSPS) is 16.7. The molecular weight excluding hydrogens is 392 g/mol. The number of para-hydroxylation sites is 1. The molecule has 4 nitrogen and oxygen atoms in total. The van der Waals surface area contributed by atoms with Crippen molar-refractivity contribution >= 4 is 32.7 Å². The van der Waals surface area contributed by atoms with E-state index in [0.29, 0.717) is 12.1 Å². The standard InChI is InChI=1S/C21H19BrN2O2/c22-15-6-3-5-14(11-15)20-12-18(17-8-1-2-9-19(17)24-20)21(25)23-13-16-7-4-10-26-16/h1-3,5-6,8-9,11-12,16H,4,7,10,13H2,(H,23,25). The molecule has 2 heterocycles. The Balaban J connectivity index is 1.71. The van der Waals surface area contributed by atoms with Gasteiger partial charge in [0.1, 0.15) is 0 Å². The number of benzene rings is 2. The van der Waals surface area contributed by atoms with Gasteiger partial charge >= 0.3 is 0 Å². The number of hydrogen-bond acceptors (Lipinski definition) is 3. The third kappa shape index (κ3) is 3.64. The number of fused-ring (bicyclic) bond motifs is 1. The molecule has 0 spiro atoms. The molecule has 1 saturated heterocycles. The third-order valence-corrected chi connectivity index (χ3v) is 5.09. The summed E-state index contributed by atoms with van der Waals surface area (Å²) in [5, 5.41) is 3.88. The fourth-order valence-electron chi connectivity index (χ4n) is 3.27. The van der Waals surface area contributed by atoms with Crippen LogP contribution in [0.2, 0.25) is 0 Å². The predicted molar refractivity (Wildman–Crippen MR) is 106 cm³/mol. The van der Waals surface area contributed by atoms with Gasteiger partial charge in [-0.3, -0.25) is 4.79 Å². The van der Waals surface area contributed by atoms with Gasteiger partial charge < -0.3 is 10.1 Å². The van der Waals surface area contributed by atoms with E-state index in [-0.39, 0.29) is 12.0 Å². The molecule has 1 N–H and O–H groups in total. The zero-order valence-corrected chi connectivity index (χ0v) is 15.8. The molecule has 0 saturated carbocycles. The fraction of sp³-hybridized carbons (Fsp3) is 0.238. The van der Waals surface area contributed by atoms with Crippen LogP contribution in [0.15, 0.2) is 59.1 Å². The Labute approximate surface area is 160 Å². The lowest BCUT2D eigenvalue weighted by molar-refractivity contribution is 0.0859. The summed E-state index contributed by atoms with van der Waals surface area (Å²) in [4.78, 5) is 17.6. The minimum Gasteiger partial charge on any atom is -0.376 e. The molecule has 0 radical (unpaired) electrons. The van der Waals surface area contributed by atoms with Crippen LogP contribution in [0.3, 0.4) is 0 Å². The lowest BCUT2D eigenvalue weighted by atomic mass is 10.0. The molecule has 2 aromatic carbocycles. The van der Waals surface area contributed by atoms with E-state index >= 15 is 0 Å². The second kappa shape index (κ2) is 7.56. The van der Waals surface area contributed by atoms with E-state index in [1.165, 1.54) is 0 Å². The number of pyridine rings is 1. The van der Waals surface area contributed by atoms with Crippen molar-refractivity contribution < 1.29 is 9.53 Å². The highest BCUT2D eigenvalue weighted by Gasteiger charge is 2.18. The summed E-state index contributed by atoms with van der Waals surface area (Å²) in [7, 11) is 0. The molecule has 3 aromatic rings. The van der Waals surface area contributed by atoms with Crippen molar-refractivity contribution in [1.29, 1.82) is 0 Å². The molecular formula is C21H19BrN2O2. The van der Waals surface area contributed by atoms with E-state index in [9.17, 15) is 4.79 Å². The molecule has 26 heavy (non-hydrogen) atoms. The van der Waals surface area contributed by atoms with Crippen molar-refractivity contribution in [3.8, 4) is 11.3 Å². The molecule has 5 heteroatoms. The highest BCUT2D eigenvalue weighted by Crippen LogP contribution is 2.26. The van der Waals surface area contributed by atoms with Crippen LogP contribution < -0.4 is 5.32 Å². The fourth-order valence-corrected chi connectivity index (χ4v) is 3.67. The number of amides is 1. The quantitative estimate of drug-likeness (QED) is 0.684. The zero-order chi connectivity index (χ0) is 17.9. The van der Waals surface area contributed by atoms with Gasteiger partial charge in [0.15, 0.2) is 0 Å². The highest BCUT2D eigenvalue weighted by molar-refractivity contribution is 9.10. The van der Waals surface area contributed by atoms with Crippen molar-refractivity contribution in [2.45, 2.75) is 18.9 Å². The van der Waals surface area contributed by atoms with Crippen molar-refractivity contribution in [3.63, 3.8) is 0 Å². The molecule has 4 rings (SSSR count). The largest absolute Gasteiger partial charge is 0.376 e. The number of halogens is 1. The van der Waals surface area contributed by atoms with E-state index in [4.69, 9.17) is 9.72 Å². The van der Waals surface area contributed by atoms with Gasteiger partial charge in [-0.25, -0.2) is 4.98 Å². The lowest BCUT2D eigenvalue weighted by Gasteiger charge is -2.13. The summed E-state index contributed by atoms with van der Waals surface area (Å²) < 4.78 is 6.58. The Morgan fingerprint density at radius 2 is 2.08 bits per heavy atom. The number of nitrogens with zero attached hydrogens (tertiary/aromatic N) is 1. The Bertz CT molecular complexity index is 952. The average molecular weight is 411 g/mol. The molecule has 1 aliphatic heterocycles. The number of hydrogen-bond donors (Lipinski definition) is 1. The Morgan fingerprint density at radius 1 is 1.19 bits per heavy atom. The van der Waals surface area contributed by atoms with Gasteiger partial charge in [0.25, 0.3) is 5.91 Å². The van der Waals surface area contributed by atoms with Crippen LogP contribution in [0.1, 0.15) is 23.2 Å². The van der Waals surface area contributed by atoms with Gasteiger partial charge in [-0.05, 0) is 37.1 Å². The molecule has 1 aliphatic rings. The minimum atomic E-state index is -0.0876. The maximum absolute atomic E-state index is 12.9. The first-order valence-electron chi connectivity index (χ1n) is 8.76. The van der Waals surface area contributed by atoms with Gasteiger partial charge in [0.05, 0.1) is 22.9 Å². The third-order valence-electron chi connectivity index (χ3n) is 4.60. The molecule has 132 valence electrons. The summed E-state index contributed by atoms with van der Waals surface area (Å²) in [5.74, 6) is -0.0876. The second-order valence-electron chi connectivity index (χ2n) is 6.43. The summed E-state index contributed by atoms with van der Waals surface area (Å²) in [6, 6.07) is 17.6. The van der Waals surface area contributed by atoms with Crippen LogP contribution in [0.5, 0.6) is 0 Å². The number of rotatable bonds is 4. The molecule has 1 fully saturated rings. The van der Waals surface area contributed by atoms with E-state index in [2.05, 4.69) is 21.2 Å². The summed E-state index contributed by atoms with van der Waals surface area (Å²) in [6.07, 6.45) is 2.18. The van der Waals surface area contributed by atoms with Crippen LogP contribution in [-0.2, 0) is 4.74 Å². The van der Waals surface area contributed by atoms with Crippen molar-refractivity contribution in [2.24, 2.45) is 0 Å². The molecule has 0 aliphatic carbocycles. The van der Waals surface area contributed by atoms with Gasteiger partial charge in [0, 0.05) is 28.6 Å².